The molecule has 36 heavy (non-hydrogen) atoms. The molecule has 190 valence electrons. The maximum absolute atomic E-state index is 13.8. The van der Waals surface area contributed by atoms with E-state index in [-0.39, 0.29) is 29.6 Å². The second-order valence-electron chi connectivity index (χ2n) is 8.19. The van der Waals surface area contributed by atoms with Gasteiger partial charge in [0.2, 0.25) is 21.8 Å². The van der Waals surface area contributed by atoms with Crippen molar-refractivity contribution in [1.29, 1.82) is 0 Å². The number of hydrogen-bond acceptors (Lipinski definition) is 4. The zero-order valence-corrected chi connectivity index (χ0v) is 22.2. The van der Waals surface area contributed by atoms with Crippen LogP contribution in [0, 0.1) is 0 Å². The lowest BCUT2D eigenvalue weighted by atomic mass is 10.0. The average Bonchev–Trinajstić information content (AvgIpc) is 2.84. The zero-order valence-electron chi connectivity index (χ0n) is 19.9. The fraction of sp³-hybridized carbons (Fsp3) is 0.231. The van der Waals surface area contributed by atoms with Gasteiger partial charge in [-0.2, -0.15) is 0 Å². The van der Waals surface area contributed by atoms with Crippen molar-refractivity contribution < 1.29 is 18.0 Å². The van der Waals surface area contributed by atoms with Gasteiger partial charge in [-0.1, -0.05) is 77.8 Å². The lowest BCUT2D eigenvalue weighted by Gasteiger charge is -2.33. The van der Waals surface area contributed by atoms with Crippen LogP contribution in [0.5, 0.6) is 0 Å². The minimum Gasteiger partial charge on any atom is -0.357 e. The minimum atomic E-state index is -3.88. The third-order valence-corrected chi connectivity index (χ3v) is 7.24. The number of carbonyl (C=O) groups excluding carboxylic acids is 2. The first-order valence-electron chi connectivity index (χ1n) is 11.1. The maximum atomic E-state index is 13.8. The molecule has 1 N–H and O–H groups in total. The Morgan fingerprint density at radius 2 is 1.56 bits per heavy atom. The summed E-state index contributed by atoms with van der Waals surface area (Å²) in [5.41, 5.74) is 1.72. The Morgan fingerprint density at radius 1 is 0.917 bits per heavy atom. The lowest BCUT2D eigenvalue weighted by molar-refractivity contribution is -0.139. The smallest absolute Gasteiger partial charge is 0.244 e. The minimum absolute atomic E-state index is 0.0461. The Kier molecular flexibility index (Phi) is 9.37. The van der Waals surface area contributed by atoms with Gasteiger partial charge in [-0.05, 0) is 35.4 Å². The van der Waals surface area contributed by atoms with E-state index in [4.69, 9.17) is 23.2 Å². The van der Waals surface area contributed by atoms with Crippen LogP contribution < -0.4 is 9.62 Å². The number of carbonyl (C=O) groups is 2. The molecule has 0 saturated carbocycles. The second kappa shape index (κ2) is 12.3. The van der Waals surface area contributed by atoms with Gasteiger partial charge in [0, 0.05) is 25.0 Å². The summed E-state index contributed by atoms with van der Waals surface area (Å²) in [6, 6.07) is 21.7. The first-order chi connectivity index (χ1) is 17.1. The van der Waals surface area contributed by atoms with Gasteiger partial charge in [0.05, 0.1) is 17.0 Å². The van der Waals surface area contributed by atoms with Crippen LogP contribution in [0.4, 0.5) is 5.69 Å². The molecular formula is C26H27Cl2N3O4S. The van der Waals surface area contributed by atoms with E-state index in [1.807, 2.05) is 30.3 Å². The number of anilines is 1. The number of benzene rings is 3. The van der Waals surface area contributed by atoms with Gasteiger partial charge >= 0.3 is 0 Å². The Labute approximate surface area is 221 Å². The van der Waals surface area contributed by atoms with Crippen LogP contribution in [0.15, 0.2) is 78.9 Å². The molecule has 3 rings (SSSR count). The summed E-state index contributed by atoms with van der Waals surface area (Å²) >= 11 is 12.4. The average molecular weight is 548 g/mol. The number of nitrogens with one attached hydrogen (secondary N) is 1. The van der Waals surface area contributed by atoms with E-state index in [1.54, 1.807) is 42.5 Å². The normalized spacial score (nSPS) is 12.0. The van der Waals surface area contributed by atoms with Crippen LogP contribution in [-0.2, 0) is 32.6 Å². The molecule has 1 atom stereocenters. The molecule has 0 aromatic heterocycles. The number of sulfonamides is 1. The SMILES string of the molecule is CNC(=O)C(Cc1ccccc1)N(Cc1cccc(Cl)c1)C(=O)CN(c1ccccc1Cl)S(C)(=O)=O. The summed E-state index contributed by atoms with van der Waals surface area (Å²) in [4.78, 5) is 28.2. The molecule has 0 fully saturated rings. The number of para-hydroxylation sites is 1. The van der Waals surface area contributed by atoms with Crippen molar-refractivity contribution in [3.63, 3.8) is 0 Å². The van der Waals surface area contributed by atoms with Crippen molar-refractivity contribution in [2.24, 2.45) is 0 Å². The molecule has 0 bridgehead atoms. The summed E-state index contributed by atoms with van der Waals surface area (Å²) in [5, 5.41) is 3.29. The van der Waals surface area contributed by atoms with Gasteiger partial charge in [-0.25, -0.2) is 8.42 Å². The predicted octanol–water partition coefficient (Wildman–Crippen LogP) is 4.15. The fourth-order valence-electron chi connectivity index (χ4n) is 3.80. The van der Waals surface area contributed by atoms with Crippen LogP contribution >= 0.6 is 23.2 Å². The lowest BCUT2D eigenvalue weighted by Crippen LogP contribution is -2.52. The van der Waals surface area contributed by atoms with E-state index in [0.717, 1.165) is 16.1 Å². The van der Waals surface area contributed by atoms with Crippen LogP contribution in [0.3, 0.4) is 0 Å². The van der Waals surface area contributed by atoms with E-state index < -0.39 is 28.5 Å². The highest BCUT2D eigenvalue weighted by Crippen LogP contribution is 2.28. The van der Waals surface area contributed by atoms with Crippen molar-refractivity contribution in [2.45, 2.75) is 19.0 Å². The summed E-state index contributed by atoms with van der Waals surface area (Å²) < 4.78 is 26.3. The fourth-order valence-corrected chi connectivity index (χ4v) is 5.16. The molecule has 0 spiro atoms. The summed E-state index contributed by atoms with van der Waals surface area (Å²) in [6.45, 7) is -0.490. The molecule has 0 heterocycles. The van der Waals surface area contributed by atoms with Gasteiger partial charge < -0.3 is 10.2 Å². The predicted molar refractivity (Wildman–Crippen MR) is 144 cm³/mol. The number of likely N-dealkylation sites (N-methyl/N-ethyl adjacent to an activating group) is 1. The highest BCUT2D eigenvalue weighted by atomic mass is 35.5. The third-order valence-electron chi connectivity index (χ3n) is 5.56. The quantitative estimate of drug-likeness (QED) is 0.413. The highest BCUT2D eigenvalue weighted by molar-refractivity contribution is 7.92. The Balaban J connectivity index is 2.04. The van der Waals surface area contributed by atoms with E-state index >= 15 is 0 Å². The first kappa shape index (κ1) is 27.5. The highest BCUT2D eigenvalue weighted by Gasteiger charge is 2.33. The molecule has 3 aromatic carbocycles. The van der Waals surface area contributed by atoms with Crippen LogP contribution in [-0.4, -0.2) is 51.0 Å². The van der Waals surface area contributed by atoms with Gasteiger partial charge in [0.1, 0.15) is 12.6 Å². The molecule has 7 nitrogen and oxygen atoms in total. The van der Waals surface area contributed by atoms with Crippen LogP contribution in [0.1, 0.15) is 11.1 Å². The van der Waals surface area contributed by atoms with Crippen molar-refractivity contribution in [3.8, 4) is 0 Å². The van der Waals surface area contributed by atoms with Gasteiger partial charge in [-0.15, -0.1) is 0 Å². The number of halogens is 2. The third kappa shape index (κ3) is 7.22. The van der Waals surface area contributed by atoms with Gasteiger partial charge in [0.25, 0.3) is 0 Å². The molecule has 0 aliphatic rings. The second-order valence-corrected chi connectivity index (χ2v) is 10.9. The Morgan fingerprint density at radius 3 is 2.17 bits per heavy atom. The molecular weight excluding hydrogens is 521 g/mol. The molecule has 2 amide bonds. The molecule has 1 unspecified atom stereocenters. The molecule has 0 aliphatic heterocycles. The van der Waals surface area contributed by atoms with E-state index in [9.17, 15) is 18.0 Å². The van der Waals surface area contributed by atoms with Crippen LogP contribution in [0.25, 0.3) is 0 Å². The summed E-state index contributed by atoms with van der Waals surface area (Å²) in [5.74, 6) is -0.942. The Bertz CT molecular complexity index is 1320. The number of rotatable bonds is 10. The summed E-state index contributed by atoms with van der Waals surface area (Å²) in [7, 11) is -2.38. The first-order valence-corrected chi connectivity index (χ1v) is 13.7. The van der Waals surface area contributed by atoms with E-state index in [1.165, 1.54) is 18.0 Å². The Hall–Kier alpha value is -3.07. The van der Waals surface area contributed by atoms with E-state index in [2.05, 4.69) is 5.32 Å². The molecule has 3 aromatic rings. The van der Waals surface area contributed by atoms with Crippen molar-refractivity contribution >= 4 is 50.7 Å². The van der Waals surface area contributed by atoms with Gasteiger partial charge in [-0.3, -0.25) is 13.9 Å². The van der Waals surface area contributed by atoms with Crippen molar-refractivity contribution in [2.75, 3.05) is 24.2 Å². The zero-order chi connectivity index (χ0) is 26.3. The largest absolute Gasteiger partial charge is 0.357 e. The standard InChI is InChI=1S/C26H27Cl2N3O4S/c1-29-26(33)24(16-19-9-4-3-5-10-19)30(17-20-11-8-12-21(27)15-20)25(32)18-31(36(2,34)35)23-14-7-6-13-22(23)28/h3-15,24H,16-18H2,1-2H3,(H,29,33). The van der Waals surface area contributed by atoms with Crippen LogP contribution in [0.2, 0.25) is 10.0 Å². The molecule has 0 aliphatic carbocycles. The molecule has 10 heteroatoms. The number of nitrogens with zero attached hydrogens (tertiary/aromatic N) is 2. The monoisotopic (exact) mass is 547 g/mol. The summed E-state index contributed by atoms with van der Waals surface area (Å²) in [6.07, 6.45) is 1.24. The maximum Gasteiger partial charge on any atom is 0.244 e. The molecule has 0 radical (unpaired) electrons. The molecule has 0 saturated heterocycles. The van der Waals surface area contributed by atoms with Crippen molar-refractivity contribution in [1.82, 2.24) is 10.2 Å². The topological polar surface area (TPSA) is 86.8 Å². The van der Waals surface area contributed by atoms with E-state index in [0.29, 0.717) is 10.6 Å². The number of amides is 2. The number of hydrogen-bond donors (Lipinski definition) is 1. The van der Waals surface area contributed by atoms with Crippen molar-refractivity contribution in [3.05, 3.63) is 100 Å². The van der Waals surface area contributed by atoms with Gasteiger partial charge in [0.15, 0.2) is 0 Å².